The maximum Gasteiger partial charge on any atom is 0.126 e. The van der Waals surface area contributed by atoms with Gasteiger partial charge in [-0.3, -0.25) is 11.3 Å². The van der Waals surface area contributed by atoms with Crippen LogP contribution in [0, 0.1) is 12.7 Å². The summed E-state index contributed by atoms with van der Waals surface area (Å²) in [5, 5.41) is 0.462. The van der Waals surface area contributed by atoms with Crippen LogP contribution in [0.5, 0.6) is 0 Å². The summed E-state index contributed by atoms with van der Waals surface area (Å²) >= 11 is 3.90. The molecule has 17 heavy (non-hydrogen) atoms. The zero-order valence-electron chi connectivity index (χ0n) is 9.78. The molecular formula is C12H17FN2S2. The number of aryl methyl sites for hydroxylation is 1. The number of halogens is 1. The predicted octanol–water partition coefficient (Wildman–Crippen LogP) is 2.49. The van der Waals surface area contributed by atoms with Crippen LogP contribution >= 0.6 is 23.5 Å². The number of nitrogens with one attached hydrogen (secondary N) is 1. The van der Waals surface area contributed by atoms with Gasteiger partial charge in [0.1, 0.15) is 5.82 Å². The summed E-state index contributed by atoms with van der Waals surface area (Å²) < 4.78 is 13.2. The molecule has 2 nitrogen and oxygen atoms in total. The van der Waals surface area contributed by atoms with Gasteiger partial charge in [-0.15, -0.1) is 0 Å². The highest BCUT2D eigenvalue weighted by Gasteiger charge is 2.25. The smallest absolute Gasteiger partial charge is 0.126 e. The molecule has 0 radical (unpaired) electrons. The van der Waals surface area contributed by atoms with Crippen molar-refractivity contribution in [3.05, 3.63) is 35.1 Å². The summed E-state index contributed by atoms with van der Waals surface area (Å²) in [6, 6.07) is 5.34. The third kappa shape index (κ3) is 3.16. The molecule has 3 N–H and O–H groups in total. The number of thioether (sulfide) groups is 2. The average molecular weight is 272 g/mol. The van der Waals surface area contributed by atoms with E-state index in [2.05, 4.69) is 5.43 Å². The Morgan fingerprint density at radius 2 is 2.29 bits per heavy atom. The fraction of sp³-hybridized carbons (Fsp3) is 0.500. The van der Waals surface area contributed by atoms with Gasteiger partial charge in [0.15, 0.2) is 0 Å². The van der Waals surface area contributed by atoms with Crippen LogP contribution in [0.2, 0.25) is 0 Å². The lowest BCUT2D eigenvalue weighted by Crippen LogP contribution is -2.37. The summed E-state index contributed by atoms with van der Waals surface area (Å²) in [5.41, 5.74) is 4.63. The first-order valence-electron chi connectivity index (χ1n) is 5.64. The Labute approximate surface area is 110 Å². The molecule has 2 unspecified atom stereocenters. The standard InChI is InChI=1S/C12H17FN2S2/c1-8-6-9(2-3-10(8)13)12(15-14)11-7-16-4-5-17-11/h2-3,6,11-12,15H,4-5,7,14H2,1H3. The lowest BCUT2D eigenvalue weighted by molar-refractivity contribution is 0.549. The monoisotopic (exact) mass is 272 g/mol. The van der Waals surface area contributed by atoms with Crippen molar-refractivity contribution in [2.45, 2.75) is 18.2 Å². The van der Waals surface area contributed by atoms with Gasteiger partial charge < -0.3 is 0 Å². The lowest BCUT2D eigenvalue weighted by atomic mass is 10.0. The highest BCUT2D eigenvalue weighted by molar-refractivity contribution is 8.06. The number of hydrazine groups is 1. The SMILES string of the molecule is Cc1cc(C(NN)C2CSCCS2)ccc1F. The maximum atomic E-state index is 13.2. The number of nitrogens with two attached hydrogens (primary N) is 1. The second kappa shape index (κ2) is 6.09. The second-order valence-corrected chi connectivity index (χ2v) is 6.63. The Morgan fingerprint density at radius 3 is 2.88 bits per heavy atom. The van der Waals surface area contributed by atoms with Gasteiger partial charge in [0.25, 0.3) is 0 Å². The van der Waals surface area contributed by atoms with E-state index >= 15 is 0 Å². The van der Waals surface area contributed by atoms with Gasteiger partial charge in [-0.1, -0.05) is 12.1 Å². The van der Waals surface area contributed by atoms with Gasteiger partial charge in [-0.25, -0.2) is 4.39 Å². The van der Waals surface area contributed by atoms with E-state index in [9.17, 15) is 4.39 Å². The molecule has 1 fully saturated rings. The summed E-state index contributed by atoms with van der Waals surface area (Å²) in [6.07, 6.45) is 0. The normalized spacial score (nSPS) is 22.4. The van der Waals surface area contributed by atoms with Crippen molar-refractivity contribution in [1.82, 2.24) is 5.43 Å². The number of benzene rings is 1. The first kappa shape index (κ1) is 13.2. The lowest BCUT2D eigenvalue weighted by Gasteiger charge is -2.29. The van der Waals surface area contributed by atoms with E-state index in [1.807, 2.05) is 35.7 Å². The van der Waals surface area contributed by atoms with Gasteiger partial charge in [-0.05, 0) is 24.1 Å². The van der Waals surface area contributed by atoms with Gasteiger partial charge in [0.05, 0.1) is 6.04 Å². The molecule has 5 heteroatoms. The molecule has 1 aromatic carbocycles. The predicted molar refractivity (Wildman–Crippen MR) is 74.8 cm³/mol. The Kier molecular flexibility index (Phi) is 4.73. The van der Waals surface area contributed by atoms with Crippen LogP contribution in [0.15, 0.2) is 18.2 Å². The third-order valence-corrected chi connectivity index (χ3v) is 5.80. The van der Waals surface area contributed by atoms with E-state index in [1.165, 1.54) is 11.8 Å². The molecule has 0 saturated carbocycles. The fourth-order valence-corrected chi connectivity index (χ4v) is 4.83. The molecule has 94 valence electrons. The summed E-state index contributed by atoms with van der Waals surface area (Å²) in [6.45, 7) is 1.79. The molecule has 1 aliphatic rings. The highest BCUT2D eigenvalue weighted by Crippen LogP contribution is 2.33. The molecule has 0 spiro atoms. The molecule has 1 aliphatic heterocycles. The van der Waals surface area contributed by atoms with Crippen LogP contribution in [0.4, 0.5) is 4.39 Å². The molecule has 1 aromatic rings. The Bertz CT molecular complexity index is 381. The highest BCUT2D eigenvalue weighted by atomic mass is 32.2. The first-order valence-corrected chi connectivity index (χ1v) is 7.84. The fourth-order valence-electron chi connectivity index (χ4n) is 1.98. The molecule has 0 aliphatic carbocycles. The van der Waals surface area contributed by atoms with Crippen LogP contribution in [0.25, 0.3) is 0 Å². The van der Waals surface area contributed by atoms with Crippen molar-refractivity contribution in [2.24, 2.45) is 5.84 Å². The van der Waals surface area contributed by atoms with E-state index in [0.717, 1.165) is 17.1 Å². The number of hydrogen-bond acceptors (Lipinski definition) is 4. The van der Waals surface area contributed by atoms with E-state index in [-0.39, 0.29) is 11.9 Å². The van der Waals surface area contributed by atoms with Crippen molar-refractivity contribution in [1.29, 1.82) is 0 Å². The number of rotatable bonds is 3. The van der Waals surface area contributed by atoms with Crippen LogP contribution < -0.4 is 11.3 Å². The summed E-state index contributed by atoms with van der Waals surface area (Å²) in [7, 11) is 0. The number of hydrogen-bond donors (Lipinski definition) is 2. The minimum atomic E-state index is -0.157. The van der Waals surface area contributed by atoms with Crippen molar-refractivity contribution < 1.29 is 4.39 Å². The van der Waals surface area contributed by atoms with Crippen molar-refractivity contribution in [3.8, 4) is 0 Å². The van der Waals surface area contributed by atoms with E-state index in [4.69, 9.17) is 5.84 Å². The Hall–Kier alpha value is -0.230. The first-order chi connectivity index (χ1) is 8.22. The van der Waals surface area contributed by atoms with Crippen molar-refractivity contribution in [3.63, 3.8) is 0 Å². The topological polar surface area (TPSA) is 38.0 Å². The van der Waals surface area contributed by atoms with Crippen LogP contribution in [0.3, 0.4) is 0 Å². The van der Waals surface area contributed by atoms with E-state index < -0.39 is 0 Å². The zero-order chi connectivity index (χ0) is 12.3. The van der Waals surface area contributed by atoms with Gasteiger partial charge in [0.2, 0.25) is 0 Å². The van der Waals surface area contributed by atoms with Gasteiger partial charge in [-0.2, -0.15) is 23.5 Å². The molecule has 0 amide bonds. The van der Waals surface area contributed by atoms with Crippen molar-refractivity contribution in [2.75, 3.05) is 17.3 Å². The molecule has 0 bridgehead atoms. The summed E-state index contributed by atoms with van der Waals surface area (Å²) in [5.74, 6) is 8.96. The largest absolute Gasteiger partial charge is 0.271 e. The van der Waals surface area contributed by atoms with E-state index in [0.29, 0.717) is 10.8 Å². The summed E-state index contributed by atoms with van der Waals surface area (Å²) in [4.78, 5) is 0. The molecule has 1 saturated heterocycles. The molecular weight excluding hydrogens is 255 g/mol. The minimum absolute atomic E-state index is 0.104. The third-order valence-electron chi connectivity index (χ3n) is 2.93. The van der Waals surface area contributed by atoms with Gasteiger partial charge >= 0.3 is 0 Å². The van der Waals surface area contributed by atoms with Crippen LogP contribution in [-0.4, -0.2) is 22.5 Å². The molecule has 2 rings (SSSR count). The minimum Gasteiger partial charge on any atom is -0.271 e. The average Bonchev–Trinajstić information content (AvgIpc) is 2.36. The van der Waals surface area contributed by atoms with Crippen molar-refractivity contribution >= 4 is 23.5 Å². The van der Waals surface area contributed by atoms with E-state index in [1.54, 1.807) is 6.92 Å². The van der Waals surface area contributed by atoms with Crippen LogP contribution in [-0.2, 0) is 0 Å². The second-order valence-electron chi connectivity index (χ2n) is 4.14. The Morgan fingerprint density at radius 1 is 1.47 bits per heavy atom. The quantitative estimate of drug-likeness (QED) is 0.655. The molecule has 1 heterocycles. The molecule has 0 aromatic heterocycles. The van der Waals surface area contributed by atoms with Crippen LogP contribution in [0.1, 0.15) is 17.2 Å². The zero-order valence-corrected chi connectivity index (χ0v) is 11.4. The molecule has 2 atom stereocenters. The van der Waals surface area contributed by atoms with Gasteiger partial charge in [0, 0.05) is 22.5 Å². The maximum absolute atomic E-state index is 13.2. The Balaban J connectivity index is 2.18.